The molecule has 1 aromatic rings. The van der Waals surface area contributed by atoms with Gasteiger partial charge in [0, 0.05) is 46.0 Å². The average Bonchev–Trinajstić information content (AvgIpc) is 3.21. The summed E-state index contributed by atoms with van der Waals surface area (Å²) in [6.45, 7) is 3.82. The van der Waals surface area contributed by atoms with E-state index in [0.29, 0.717) is 24.7 Å². The van der Waals surface area contributed by atoms with Crippen molar-refractivity contribution in [3.63, 3.8) is 0 Å². The van der Waals surface area contributed by atoms with Crippen LogP contribution in [-0.2, 0) is 11.3 Å². The lowest BCUT2D eigenvalue weighted by Crippen LogP contribution is -2.51. The molecule has 132 valence electrons. The highest BCUT2D eigenvalue weighted by Gasteiger charge is 2.27. The minimum atomic E-state index is -0.0290. The van der Waals surface area contributed by atoms with Crippen molar-refractivity contribution in [3.05, 3.63) is 23.5 Å². The van der Waals surface area contributed by atoms with Crippen LogP contribution in [0.5, 0.6) is 0 Å². The average molecular weight is 332 g/mol. The molecule has 6 nitrogen and oxygen atoms in total. The number of amides is 2. The highest BCUT2D eigenvalue weighted by molar-refractivity contribution is 5.92. The van der Waals surface area contributed by atoms with E-state index in [1.54, 1.807) is 19.0 Å². The van der Waals surface area contributed by atoms with Crippen LogP contribution in [0.3, 0.4) is 0 Å². The van der Waals surface area contributed by atoms with Crippen LogP contribution >= 0.6 is 0 Å². The molecule has 1 aromatic heterocycles. The molecule has 0 unspecified atom stereocenters. The predicted octanol–water partition coefficient (Wildman–Crippen LogP) is 1.55. The fourth-order valence-electron chi connectivity index (χ4n) is 3.73. The molecule has 2 amide bonds. The van der Waals surface area contributed by atoms with Crippen molar-refractivity contribution in [1.82, 2.24) is 19.7 Å². The van der Waals surface area contributed by atoms with Crippen LogP contribution in [0.2, 0.25) is 0 Å². The molecule has 2 heterocycles. The van der Waals surface area contributed by atoms with Gasteiger partial charge in [0.25, 0.3) is 5.91 Å². The van der Waals surface area contributed by atoms with Gasteiger partial charge in [-0.05, 0) is 30.9 Å². The zero-order valence-corrected chi connectivity index (χ0v) is 14.8. The highest BCUT2D eigenvalue weighted by atomic mass is 16.2. The lowest BCUT2D eigenvalue weighted by Gasteiger charge is -2.35. The Kier molecular flexibility index (Phi) is 5.23. The van der Waals surface area contributed by atoms with E-state index in [1.807, 2.05) is 17.0 Å². The smallest absolute Gasteiger partial charge is 0.269 e. The molecule has 3 rings (SSSR count). The Morgan fingerprint density at radius 1 is 1.25 bits per heavy atom. The fraction of sp³-hybridized carbons (Fsp3) is 0.667. The molecule has 0 spiro atoms. The van der Waals surface area contributed by atoms with Crippen molar-refractivity contribution in [3.8, 4) is 0 Å². The Labute approximate surface area is 143 Å². The van der Waals surface area contributed by atoms with Gasteiger partial charge >= 0.3 is 0 Å². The van der Waals surface area contributed by atoms with Crippen LogP contribution < -0.4 is 0 Å². The zero-order chi connectivity index (χ0) is 17.1. The third-order valence-electron chi connectivity index (χ3n) is 5.13. The first-order valence-corrected chi connectivity index (χ1v) is 8.92. The lowest BCUT2D eigenvalue weighted by molar-refractivity contribution is -0.136. The van der Waals surface area contributed by atoms with Crippen LogP contribution in [0.1, 0.15) is 41.9 Å². The van der Waals surface area contributed by atoms with Crippen molar-refractivity contribution in [1.29, 1.82) is 0 Å². The van der Waals surface area contributed by atoms with Crippen LogP contribution in [0.4, 0.5) is 0 Å². The van der Waals surface area contributed by atoms with Crippen LogP contribution in [-0.4, -0.2) is 71.8 Å². The first-order chi connectivity index (χ1) is 11.5. The lowest BCUT2D eigenvalue weighted by atomic mass is 10.1. The second-order valence-corrected chi connectivity index (χ2v) is 7.30. The molecule has 1 aliphatic carbocycles. The number of hydrogen-bond donors (Lipinski definition) is 1. The number of rotatable bonds is 5. The van der Waals surface area contributed by atoms with E-state index in [0.717, 1.165) is 25.3 Å². The summed E-state index contributed by atoms with van der Waals surface area (Å²) in [6.07, 6.45) is 5.19. The van der Waals surface area contributed by atoms with Gasteiger partial charge in [-0.1, -0.05) is 12.8 Å². The maximum atomic E-state index is 12.4. The van der Waals surface area contributed by atoms with E-state index >= 15 is 0 Å². The Balaban J connectivity index is 1.51. The molecular weight excluding hydrogens is 304 g/mol. The monoisotopic (exact) mass is 332 g/mol. The van der Waals surface area contributed by atoms with Crippen molar-refractivity contribution in [2.75, 3.05) is 40.3 Å². The Bertz CT molecular complexity index is 590. The zero-order valence-electron chi connectivity index (χ0n) is 14.8. The number of aromatic amines is 1. The summed E-state index contributed by atoms with van der Waals surface area (Å²) in [5, 5.41) is 0. The predicted molar refractivity (Wildman–Crippen MR) is 92.6 cm³/mol. The second kappa shape index (κ2) is 7.38. The summed E-state index contributed by atoms with van der Waals surface area (Å²) in [7, 11) is 3.48. The van der Waals surface area contributed by atoms with Crippen LogP contribution in [0.15, 0.2) is 12.1 Å². The van der Waals surface area contributed by atoms with Crippen molar-refractivity contribution >= 4 is 11.8 Å². The third kappa shape index (κ3) is 3.98. The van der Waals surface area contributed by atoms with E-state index in [-0.39, 0.29) is 11.8 Å². The summed E-state index contributed by atoms with van der Waals surface area (Å²) in [6, 6.07) is 3.75. The molecule has 24 heavy (non-hydrogen) atoms. The number of piperazine rings is 1. The molecule has 2 fully saturated rings. The largest absolute Gasteiger partial charge is 0.353 e. The molecule has 6 heteroatoms. The molecule has 1 N–H and O–H groups in total. The standard InChI is InChI=1S/C18H28N4O2/c1-20(2)18(24)16-8-7-15(19-16)12-21-9-10-22(17(23)13-21)11-14-5-3-4-6-14/h7-8,14,19H,3-6,9-13H2,1-2H3. The van der Waals surface area contributed by atoms with Gasteiger partial charge < -0.3 is 14.8 Å². The fourth-order valence-corrected chi connectivity index (χ4v) is 3.73. The number of H-pyrrole nitrogens is 1. The number of carbonyl (C=O) groups excluding carboxylic acids is 2. The molecular formula is C18H28N4O2. The maximum Gasteiger partial charge on any atom is 0.269 e. The molecule has 1 saturated heterocycles. The normalized spacial score (nSPS) is 19.9. The molecule has 0 radical (unpaired) electrons. The molecule has 0 aromatic carbocycles. The molecule has 0 atom stereocenters. The summed E-state index contributed by atoms with van der Waals surface area (Å²) in [4.78, 5) is 33.3. The Morgan fingerprint density at radius 3 is 2.67 bits per heavy atom. The Hall–Kier alpha value is -1.82. The van der Waals surface area contributed by atoms with E-state index < -0.39 is 0 Å². The minimum absolute atomic E-state index is 0.0290. The minimum Gasteiger partial charge on any atom is -0.353 e. The van der Waals surface area contributed by atoms with E-state index in [9.17, 15) is 9.59 Å². The molecule has 0 bridgehead atoms. The number of nitrogens with one attached hydrogen (secondary N) is 1. The summed E-state index contributed by atoms with van der Waals surface area (Å²) in [5.41, 5.74) is 1.58. The van der Waals surface area contributed by atoms with Crippen molar-refractivity contribution in [2.24, 2.45) is 5.92 Å². The van der Waals surface area contributed by atoms with Gasteiger partial charge in [-0.15, -0.1) is 0 Å². The van der Waals surface area contributed by atoms with Gasteiger partial charge in [0.05, 0.1) is 6.54 Å². The van der Waals surface area contributed by atoms with Gasteiger partial charge in [0.15, 0.2) is 0 Å². The van der Waals surface area contributed by atoms with E-state index in [1.165, 1.54) is 25.7 Å². The van der Waals surface area contributed by atoms with Gasteiger partial charge in [0.1, 0.15) is 5.69 Å². The van der Waals surface area contributed by atoms with Gasteiger partial charge in [0.2, 0.25) is 5.91 Å². The first kappa shape index (κ1) is 17.0. The maximum absolute atomic E-state index is 12.4. The number of carbonyl (C=O) groups is 2. The second-order valence-electron chi connectivity index (χ2n) is 7.30. The van der Waals surface area contributed by atoms with Crippen LogP contribution in [0.25, 0.3) is 0 Å². The van der Waals surface area contributed by atoms with Gasteiger partial charge in [-0.3, -0.25) is 14.5 Å². The quantitative estimate of drug-likeness (QED) is 0.890. The summed E-state index contributed by atoms with van der Waals surface area (Å²) < 4.78 is 0. The number of nitrogens with zero attached hydrogens (tertiary/aromatic N) is 3. The number of hydrogen-bond acceptors (Lipinski definition) is 3. The van der Waals surface area contributed by atoms with Crippen molar-refractivity contribution in [2.45, 2.75) is 32.2 Å². The number of aromatic nitrogens is 1. The SMILES string of the molecule is CN(C)C(=O)c1ccc(CN2CCN(CC3CCCC3)C(=O)C2)[nH]1. The van der Waals surface area contributed by atoms with Crippen molar-refractivity contribution < 1.29 is 9.59 Å². The Morgan fingerprint density at radius 2 is 2.00 bits per heavy atom. The molecule has 1 aliphatic heterocycles. The van der Waals surface area contributed by atoms with Crippen LogP contribution in [0, 0.1) is 5.92 Å². The third-order valence-corrected chi connectivity index (χ3v) is 5.13. The topological polar surface area (TPSA) is 59.7 Å². The van der Waals surface area contributed by atoms with Gasteiger partial charge in [-0.2, -0.15) is 0 Å². The van der Waals surface area contributed by atoms with Gasteiger partial charge in [-0.25, -0.2) is 0 Å². The summed E-state index contributed by atoms with van der Waals surface area (Å²) >= 11 is 0. The first-order valence-electron chi connectivity index (χ1n) is 8.92. The molecule has 2 aliphatic rings. The molecule has 1 saturated carbocycles. The van der Waals surface area contributed by atoms with E-state index in [2.05, 4.69) is 9.88 Å². The summed E-state index contributed by atoms with van der Waals surface area (Å²) in [5.74, 6) is 0.923. The van der Waals surface area contributed by atoms with E-state index in [4.69, 9.17) is 0 Å². The highest BCUT2D eigenvalue weighted by Crippen LogP contribution is 2.26.